The molecule has 0 radical (unpaired) electrons. The Hall–Kier alpha value is -2.59. The monoisotopic (exact) mass is 437 g/mol. The molecule has 0 atom stereocenters. The number of thiophene rings is 1. The van der Waals surface area contributed by atoms with Crippen LogP contribution in [0.15, 0.2) is 9.79 Å². The lowest BCUT2D eigenvalue weighted by Gasteiger charge is -2.07. The van der Waals surface area contributed by atoms with Gasteiger partial charge in [-0.1, -0.05) is 13.3 Å². The van der Waals surface area contributed by atoms with Gasteiger partial charge in [-0.2, -0.15) is 0 Å². The summed E-state index contributed by atoms with van der Waals surface area (Å²) in [4.78, 5) is 46.5. The van der Waals surface area contributed by atoms with Crippen LogP contribution in [0.2, 0.25) is 0 Å². The summed E-state index contributed by atoms with van der Waals surface area (Å²) in [6, 6.07) is 0. The molecule has 0 aromatic carbocycles. The van der Waals surface area contributed by atoms with Crippen molar-refractivity contribution >= 4 is 46.5 Å². The smallest absolute Gasteiger partial charge is 0.348 e. The van der Waals surface area contributed by atoms with Crippen molar-refractivity contribution in [3.63, 3.8) is 0 Å². The number of carbonyl (C=O) groups excluding carboxylic acids is 2. The van der Waals surface area contributed by atoms with E-state index in [1.807, 2.05) is 6.92 Å². The average molecular weight is 438 g/mol. The molecule has 0 bridgehead atoms. The van der Waals surface area contributed by atoms with Gasteiger partial charge < -0.3 is 14.8 Å². The number of ether oxygens (including phenoxy) is 1. The molecule has 2 heterocycles. The van der Waals surface area contributed by atoms with Gasteiger partial charge in [-0.3, -0.25) is 14.6 Å². The highest BCUT2D eigenvalue weighted by atomic mass is 32.1. The fourth-order valence-corrected chi connectivity index (χ4v) is 3.81. The predicted molar refractivity (Wildman–Crippen MR) is 115 cm³/mol. The molecule has 0 fully saturated rings. The lowest BCUT2D eigenvalue weighted by molar-refractivity contribution is 0.0383. The summed E-state index contributed by atoms with van der Waals surface area (Å²) in [6.07, 6.45) is 2.71. The minimum atomic E-state index is -0.624. The van der Waals surface area contributed by atoms with Crippen LogP contribution in [0.4, 0.5) is 5.00 Å². The van der Waals surface area contributed by atoms with Crippen molar-refractivity contribution in [1.82, 2.24) is 9.97 Å². The highest BCUT2D eigenvalue weighted by molar-refractivity contribution is 7.71. The summed E-state index contributed by atoms with van der Waals surface area (Å²) in [5, 5.41) is 10.2. The number of aromatic amines is 2. The Bertz CT molecular complexity index is 1060. The van der Waals surface area contributed by atoms with E-state index in [2.05, 4.69) is 15.0 Å². The largest absolute Gasteiger partial charge is 0.494 e. The molecule has 0 amide bonds. The van der Waals surface area contributed by atoms with E-state index in [4.69, 9.17) is 17.0 Å². The molecular weight excluding hydrogens is 414 g/mol. The molecule has 2 aromatic rings. The number of unbranched alkanes of at least 4 members (excludes halogenated alkanes) is 1. The molecule has 2 aromatic heterocycles. The van der Waals surface area contributed by atoms with Crippen molar-refractivity contribution < 1.29 is 19.4 Å². The maximum Gasteiger partial charge on any atom is 0.348 e. The van der Waals surface area contributed by atoms with E-state index < -0.39 is 17.4 Å². The molecule has 0 saturated heterocycles. The zero-order valence-corrected chi connectivity index (χ0v) is 18.3. The molecule has 0 unspecified atom stereocenters. The predicted octanol–water partition coefficient (Wildman–Crippen LogP) is 4.20. The van der Waals surface area contributed by atoms with E-state index in [0.717, 1.165) is 24.0 Å². The van der Waals surface area contributed by atoms with Crippen molar-refractivity contribution in [2.75, 3.05) is 0 Å². The van der Waals surface area contributed by atoms with Gasteiger partial charge >= 0.3 is 5.97 Å². The molecule has 0 spiro atoms. The van der Waals surface area contributed by atoms with Crippen LogP contribution in [0.25, 0.3) is 0 Å². The number of ketones is 1. The highest BCUT2D eigenvalue weighted by Gasteiger charge is 2.25. The summed E-state index contributed by atoms with van der Waals surface area (Å²) >= 11 is 5.81. The van der Waals surface area contributed by atoms with Crippen LogP contribution >= 0.6 is 23.6 Å². The Morgan fingerprint density at radius 3 is 2.62 bits per heavy atom. The summed E-state index contributed by atoms with van der Waals surface area (Å²) in [5.74, 6) is -1.10. The first kappa shape index (κ1) is 22.7. The number of hydrogen-bond acceptors (Lipinski definition) is 8. The van der Waals surface area contributed by atoms with E-state index in [1.54, 1.807) is 20.8 Å². The molecule has 29 heavy (non-hydrogen) atoms. The second-order valence-electron chi connectivity index (χ2n) is 6.65. The van der Waals surface area contributed by atoms with E-state index >= 15 is 0 Å². The van der Waals surface area contributed by atoms with E-state index in [1.165, 1.54) is 0 Å². The first-order valence-electron chi connectivity index (χ1n) is 9.12. The number of H-pyrrole nitrogens is 2. The fraction of sp³-hybridized carbons (Fsp3) is 0.421. The summed E-state index contributed by atoms with van der Waals surface area (Å²) in [7, 11) is 0. The van der Waals surface area contributed by atoms with Gasteiger partial charge in [0.1, 0.15) is 15.4 Å². The molecule has 10 heteroatoms. The molecule has 156 valence electrons. The molecule has 3 N–H and O–H groups in total. The molecule has 2 rings (SSSR count). The number of aliphatic imine (C=N–C) groups is 1. The van der Waals surface area contributed by atoms with Crippen LogP contribution in [0.5, 0.6) is 5.88 Å². The van der Waals surface area contributed by atoms with Crippen LogP contribution in [-0.2, 0) is 4.74 Å². The standard InChI is InChI=1S/C19H23N3O5S2/c1-5-6-7-12(23)13-10(4)14(18(26)27-9(2)3)29-17(13)20-8-11-15(24)21-19(28)22-16(11)25/h8-9H,5-7H2,1-4H3,(H3,21,22,24,25,28)/b20-8+. The van der Waals surface area contributed by atoms with Crippen LogP contribution in [0.3, 0.4) is 0 Å². The van der Waals surface area contributed by atoms with Gasteiger partial charge in [0.25, 0.3) is 5.56 Å². The third-order valence-corrected chi connectivity index (χ3v) is 5.35. The van der Waals surface area contributed by atoms with Gasteiger partial charge in [-0.05, 0) is 45.0 Å². The van der Waals surface area contributed by atoms with Crippen molar-refractivity contribution in [1.29, 1.82) is 0 Å². The zero-order chi connectivity index (χ0) is 21.7. The van der Waals surface area contributed by atoms with Crippen molar-refractivity contribution in [3.8, 4) is 5.88 Å². The Balaban J connectivity index is 2.54. The van der Waals surface area contributed by atoms with Crippen molar-refractivity contribution in [2.45, 2.75) is 53.1 Å². The van der Waals surface area contributed by atoms with Gasteiger partial charge in [-0.25, -0.2) is 9.79 Å². The lowest BCUT2D eigenvalue weighted by atomic mass is 10.0. The molecular formula is C19H23N3O5S2. The second-order valence-corrected chi connectivity index (χ2v) is 8.05. The molecule has 0 aliphatic heterocycles. The van der Waals surface area contributed by atoms with Crippen LogP contribution in [0.1, 0.15) is 71.2 Å². The first-order chi connectivity index (χ1) is 13.6. The zero-order valence-electron chi connectivity index (χ0n) is 16.6. The molecule has 8 nitrogen and oxygen atoms in total. The van der Waals surface area contributed by atoms with Gasteiger partial charge in [0.15, 0.2) is 10.6 Å². The molecule has 0 saturated carbocycles. The number of rotatable bonds is 8. The van der Waals surface area contributed by atoms with Crippen molar-refractivity contribution in [3.05, 3.63) is 36.7 Å². The molecule has 0 aliphatic carbocycles. The number of Topliss-reactive ketones (excluding diaryl/α,β-unsaturated/α-hetero) is 1. The fourth-order valence-electron chi connectivity index (χ4n) is 2.57. The van der Waals surface area contributed by atoms with E-state index in [-0.39, 0.29) is 32.1 Å². The summed E-state index contributed by atoms with van der Waals surface area (Å²) in [6.45, 7) is 7.13. The third kappa shape index (κ3) is 5.48. The maximum absolute atomic E-state index is 12.7. The van der Waals surface area contributed by atoms with Crippen LogP contribution in [-0.4, -0.2) is 39.1 Å². The quantitative estimate of drug-likeness (QED) is 0.246. The Labute approximate surface area is 176 Å². The topological polar surface area (TPSA) is 125 Å². The number of nitrogens with zero attached hydrogens (tertiary/aromatic N) is 1. The molecule has 0 aliphatic rings. The van der Waals surface area contributed by atoms with Gasteiger partial charge in [-0.15, -0.1) is 11.3 Å². The minimum Gasteiger partial charge on any atom is -0.494 e. The van der Waals surface area contributed by atoms with Crippen LogP contribution < -0.4 is 5.56 Å². The first-order valence-corrected chi connectivity index (χ1v) is 10.3. The number of aromatic nitrogens is 2. The SMILES string of the molecule is CCCCC(=O)c1c(/N=C/c2c(O)[nH]c(=S)[nH]c2=O)sc(C(=O)OC(C)C)c1C. The Morgan fingerprint density at radius 2 is 2.03 bits per heavy atom. The second kappa shape index (κ2) is 9.75. The average Bonchev–Trinajstić information content (AvgIpc) is 2.94. The number of hydrogen-bond donors (Lipinski definition) is 3. The van der Waals surface area contributed by atoms with Gasteiger partial charge in [0, 0.05) is 12.6 Å². The third-order valence-electron chi connectivity index (χ3n) is 3.96. The Kier molecular flexibility index (Phi) is 7.63. The van der Waals surface area contributed by atoms with E-state index in [0.29, 0.717) is 24.0 Å². The normalized spacial score (nSPS) is 11.3. The number of esters is 1. The van der Waals surface area contributed by atoms with E-state index in [9.17, 15) is 19.5 Å². The summed E-state index contributed by atoms with van der Waals surface area (Å²) in [5.41, 5.74) is 0.0687. The Morgan fingerprint density at radius 1 is 1.34 bits per heavy atom. The number of nitrogens with one attached hydrogen (secondary N) is 2. The minimum absolute atomic E-state index is 0.0224. The van der Waals surface area contributed by atoms with Crippen molar-refractivity contribution in [2.24, 2.45) is 4.99 Å². The maximum atomic E-state index is 12.7. The van der Waals surface area contributed by atoms with Gasteiger partial charge in [0.05, 0.1) is 11.7 Å². The number of aromatic hydroxyl groups is 1. The highest BCUT2D eigenvalue weighted by Crippen LogP contribution is 2.37. The summed E-state index contributed by atoms with van der Waals surface area (Å²) < 4.78 is 5.23. The number of carbonyl (C=O) groups is 2. The lowest BCUT2D eigenvalue weighted by Crippen LogP contribution is -2.13. The van der Waals surface area contributed by atoms with Crippen LogP contribution in [0, 0.1) is 11.7 Å². The van der Waals surface area contributed by atoms with Gasteiger partial charge in [0.2, 0.25) is 5.88 Å².